The standard InChI is InChI=1S/C33H37N5O4/c1-36-13-4-6-25(36)20-42-33-34-30-16-22(29-17-26(40)15-21-5-2-3-7-27(21)29)8-11-28(30)32(35-33)38-23-9-10-24(38)19-37(18-23)31(41)12-14-39/h2-3,5,7-8,11,15-17,23-25,39-40H,4,6,9-10,12-14,18-20H2,1H3/t23?,24?,25-/m0/s1. The van der Waals surface area contributed by atoms with E-state index in [0.717, 1.165) is 70.8 Å². The van der Waals surface area contributed by atoms with Crippen molar-refractivity contribution in [1.82, 2.24) is 19.8 Å². The number of aromatic nitrogens is 2. The van der Waals surface area contributed by atoms with Gasteiger partial charge in [-0.05, 0) is 85.4 Å². The molecule has 2 bridgehead atoms. The summed E-state index contributed by atoms with van der Waals surface area (Å²) in [5.74, 6) is 1.08. The Bertz CT molecular complexity index is 1630. The lowest BCUT2D eigenvalue weighted by Crippen LogP contribution is -2.56. The number of carbonyl (C=O) groups is 1. The van der Waals surface area contributed by atoms with Crippen LogP contribution in [-0.4, -0.2) is 93.9 Å². The van der Waals surface area contributed by atoms with Crippen LogP contribution in [0, 0.1) is 0 Å². The van der Waals surface area contributed by atoms with Crippen LogP contribution in [0.1, 0.15) is 32.1 Å². The van der Waals surface area contributed by atoms with Crippen molar-refractivity contribution in [3.8, 4) is 22.9 Å². The normalized spacial score (nSPS) is 22.4. The third-order valence-corrected chi connectivity index (χ3v) is 9.30. The van der Waals surface area contributed by atoms with Crippen molar-refractivity contribution in [2.75, 3.05) is 44.8 Å². The molecule has 3 aliphatic heterocycles. The third kappa shape index (κ3) is 4.90. The zero-order valence-corrected chi connectivity index (χ0v) is 23.9. The molecule has 0 spiro atoms. The molecular formula is C33H37N5O4. The molecule has 3 saturated heterocycles. The summed E-state index contributed by atoms with van der Waals surface area (Å²) in [5, 5.41) is 22.8. The highest BCUT2D eigenvalue weighted by Crippen LogP contribution is 2.40. The van der Waals surface area contributed by atoms with Crippen molar-refractivity contribution >= 4 is 33.4 Å². The van der Waals surface area contributed by atoms with Crippen LogP contribution in [0.2, 0.25) is 0 Å². The number of phenols is 1. The lowest BCUT2D eigenvalue weighted by atomic mass is 9.97. The highest BCUT2D eigenvalue weighted by Gasteiger charge is 2.42. The van der Waals surface area contributed by atoms with Crippen LogP contribution in [0.25, 0.3) is 32.8 Å². The first-order valence-electron chi connectivity index (χ1n) is 15.0. The van der Waals surface area contributed by atoms with E-state index >= 15 is 0 Å². The van der Waals surface area contributed by atoms with E-state index in [2.05, 4.69) is 41.1 Å². The Morgan fingerprint density at radius 2 is 1.81 bits per heavy atom. The Labute approximate surface area is 245 Å². The predicted octanol–water partition coefficient (Wildman–Crippen LogP) is 4.19. The van der Waals surface area contributed by atoms with Crippen LogP contribution in [0.5, 0.6) is 11.8 Å². The van der Waals surface area contributed by atoms with E-state index in [1.165, 1.54) is 0 Å². The second kappa shape index (κ2) is 11.0. The SMILES string of the molecule is CN1CCC[C@H]1COc1nc(N2C3CCC2CN(C(=O)CCO)C3)c2ccc(-c3cc(O)cc4ccccc34)cc2n1. The molecule has 4 aromatic rings. The summed E-state index contributed by atoms with van der Waals surface area (Å²) in [4.78, 5) is 29.2. The number of aliphatic hydroxyl groups is 1. The van der Waals surface area contributed by atoms with Gasteiger partial charge in [0.2, 0.25) is 5.91 Å². The maximum Gasteiger partial charge on any atom is 0.319 e. The molecule has 1 aromatic heterocycles. The van der Waals surface area contributed by atoms with Crippen LogP contribution in [-0.2, 0) is 4.79 Å². The Hall–Kier alpha value is -3.95. The van der Waals surface area contributed by atoms with Gasteiger partial charge in [0.25, 0.3) is 0 Å². The Kier molecular flexibility index (Phi) is 7.07. The lowest BCUT2D eigenvalue weighted by Gasteiger charge is -2.42. The average molecular weight is 568 g/mol. The number of hydrogen-bond donors (Lipinski definition) is 2. The quantitative estimate of drug-likeness (QED) is 0.343. The number of anilines is 1. The van der Waals surface area contributed by atoms with E-state index in [0.29, 0.717) is 31.7 Å². The molecule has 3 fully saturated rings. The molecule has 9 heteroatoms. The van der Waals surface area contributed by atoms with Gasteiger partial charge in [-0.2, -0.15) is 9.97 Å². The van der Waals surface area contributed by atoms with Crippen LogP contribution in [0.4, 0.5) is 5.82 Å². The minimum absolute atomic E-state index is 0.00860. The van der Waals surface area contributed by atoms with Gasteiger partial charge in [0.05, 0.1) is 12.1 Å². The first-order valence-corrected chi connectivity index (χ1v) is 15.0. The summed E-state index contributed by atoms with van der Waals surface area (Å²) in [6.45, 7) is 2.73. The number of piperazine rings is 1. The number of likely N-dealkylation sites (tertiary alicyclic amines) is 2. The minimum atomic E-state index is -0.126. The van der Waals surface area contributed by atoms with E-state index in [1.54, 1.807) is 6.07 Å². The molecular weight excluding hydrogens is 530 g/mol. The Morgan fingerprint density at radius 3 is 2.57 bits per heavy atom. The third-order valence-electron chi connectivity index (χ3n) is 9.30. The van der Waals surface area contributed by atoms with Gasteiger partial charge in [-0.3, -0.25) is 4.79 Å². The molecule has 1 amide bonds. The average Bonchev–Trinajstić information content (AvgIpc) is 3.52. The molecule has 3 aliphatic rings. The second-order valence-electron chi connectivity index (χ2n) is 11.9. The van der Waals surface area contributed by atoms with Crippen molar-refractivity contribution in [2.45, 2.75) is 50.2 Å². The Balaban J connectivity index is 1.30. The van der Waals surface area contributed by atoms with E-state index < -0.39 is 0 Å². The number of benzene rings is 3. The van der Waals surface area contributed by atoms with Gasteiger partial charge in [-0.25, -0.2) is 0 Å². The molecule has 0 saturated carbocycles. The fourth-order valence-corrected chi connectivity index (χ4v) is 7.12. The number of carbonyl (C=O) groups excluding carboxylic acids is 1. The van der Waals surface area contributed by atoms with Crippen molar-refractivity contribution in [1.29, 1.82) is 0 Å². The number of hydrogen-bond acceptors (Lipinski definition) is 8. The number of phenolic OH excluding ortho intramolecular Hbond substituents is 1. The highest BCUT2D eigenvalue weighted by atomic mass is 16.5. The topological polar surface area (TPSA) is 102 Å². The molecule has 0 aliphatic carbocycles. The van der Waals surface area contributed by atoms with E-state index in [9.17, 15) is 15.0 Å². The molecule has 3 aromatic carbocycles. The van der Waals surface area contributed by atoms with Gasteiger partial charge in [-0.15, -0.1) is 0 Å². The molecule has 2 N–H and O–H groups in total. The monoisotopic (exact) mass is 567 g/mol. The number of amides is 1. The van der Waals surface area contributed by atoms with Gasteiger partial charge in [0.15, 0.2) is 0 Å². The maximum absolute atomic E-state index is 12.6. The number of ether oxygens (including phenoxy) is 1. The van der Waals surface area contributed by atoms with E-state index in [1.807, 2.05) is 29.2 Å². The number of aliphatic hydroxyl groups excluding tert-OH is 1. The summed E-state index contributed by atoms with van der Waals surface area (Å²) in [6, 6.07) is 18.9. The summed E-state index contributed by atoms with van der Waals surface area (Å²) in [5.41, 5.74) is 2.69. The smallest absolute Gasteiger partial charge is 0.319 e. The summed E-state index contributed by atoms with van der Waals surface area (Å²) >= 11 is 0. The zero-order valence-electron chi connectivity index (χ0n) is 23.9. The molecule has 0 radical (unpaired) electrons. The largest absolute Gasteiger partial charge is 0.508 e. The number of likely N-dealkylation sites (N-methyl/N-ethyl adjacent to an activating group) is 1. The molecule has 3 atom stereocenters. The molecule has 42 heavy (non-hydrogen) atoms. The fraction of sp³-hybridized carbons (Fsp3) is 0.424. The number of fused-ring (bicyclic) bond motifs is 4. The van der Waals surface area contributed by atoms with Gasteiger partial charge in [-0.1, -0.05) is 30.3 Å². The number of rotatable bonds is 7. The lowest BCUT2D eigenvalue weighted by molar-refractivity contribution is -0.132. The van der Waals surface area contributed by atoms with Gasteiger partial charge in [0, 0.05) is 43.0 Å². The first kappa shape index (κ1) is 26.9. The second-order valence-corrected chi connectivity index (χ2v) is 11.9. The van der Waals surface area contributed by atoms with Gasteiger partial charge in [0.1, 0.15) is 18.2 Å². The van der Waals surface area contributed by atoms with Gasteiger partial charge >= 0.3 is 6.01 Å². The van der Waals surface area contributed by atoms with Crippen molar-refractivity contribution in [3.05, 3.63) is 54.6 Å². The first-order chi connectivity index (χ1) is 20.5. The highest BCUT2D eigenvalue weighted by molar-refractivity contribution is 6.01. The number of nitrogens with zero attached hydrogens (tertiary/aromatic N) is 5. The molecule has 2 unspecified atom stereocenters. The van der Waals surface area contributed by atoms with Crippen LogP contribution in [0.15, 0.2) is 54.6 Å². The molecule has 218 valence electrons. The van der Waals surface area contributed by atoms with Crippen LogP contribution in [0.3, 0.4) is 0 Å². The Morgan fingerprint density at radius 1 is 1.00 bits per heavy atom. The molecule has 9 nitrogen and oxygen atoms in total. The molecule has 4 heterocycles. The van der Waals surface area contributed by atoms with Gasteiger partial charge < -0.3 is 29.6 Å². The maximum atomic E-state index is 12.6. The van der Waals surface area contributed by atoms with Crippen LogP contribution < -0.4 is 9.64 Å². The van der Waals surface area contributed by atoms with Crippen molar-refractivity contribution in [3.63, 3.8) is 0 Å². The predicted molar refractivity (Wildman–Crippen MR) is 163 cm³/mol. The minimum Gasteiger partial charge on any atom is -0.508 e. The van der Waals surface area contributed by atoms with E-state index in [-0.39, 0.29) is 36.8 Å². The van der Waals surface area contributed by atoms with Crippen LogP contribution >= 0.6 is 0 Å². The summed E-state index contributed by atoms with van der Waals surface area (Å²) in [7, 11) is 2.13. The summed E-state index contributed by atoms with van der Waals surface area (Å²) in [6.07, 6.45) is 4.39. The van der Waals surface area contributed by atoms with E-state index in [4.69, 9.17) is 14.7 Å². The molecule has 7 rings (SSSR count). The zero-order chi connectivity index (χ0) is 28.8. The summed E-state index contributed by atoms with van der Waals surface area (Å²) < 4.78 is 6.29. The van der Waals surface area contributed by atoms with Crippen molar-refractivity contribution in [2.24, 2.45) is 0 Å². The van der Waals surface area contributed by atoms with Crippen molar-refractivity contribution < 1.29 is 19.7 Å². The number of aromatic hydroxyl groups is 1. The fourth-order valence-electron chi connectivity index (χ4n) is 7.12.